The first-order chi connectivity index (χ1) is 8.66. The zero-order valence-electron chi connectivity index (χ0n) is 10.2. The Bertz CT molecular complexity index is 786. The number of benzene rings is 1. The Morgan fingerprint density at radius 2 is 1.94 bits per heavy atom. The predicted octanol–water partition coefficient (Wildman–Crippen LogP) is 3.27. The van der Waals surface area contributed by atoms with Crippen LogP contribution in [0, 0.1) is 13.8 Å². The standard InChI is InChI=1S/C14H12N2OS/c1-8-5-3-4-6-10(8)11-7-18-13-12(11)15-9(2)16-14(13)17/h3-7H,1-2H3,(H,15,16,17). The first-order valence-electron chi connectivity index (χ1n) is 5.71. The Morgan fingerprint density at radius 1 is 1.17 bits per heavy atom. The number of fused-ring (bicyclic) bond motifs is 1. The van der Waals surface area contributed by atoms with E-state index in [1.165, 1.54) is 16.9 Å². The topological polar surface area (TPSA) is 45.8 Å². The molecule has 4 heteroatoms. The fourth-order valence-corrected chi connectivity index (χ4v) is 3.01. The van der Waals surface area contributed by atoms with Gasteiger partial charge >= 0.3 is 0 Å². The molecule has 1 aromatic carbocycles. The minimum absolute atomic E-state index is 0.0534. The fourth-order valence-electron chi connectivity index (χ4n) is 2.11. The van der Waals surface area contributed by atoms with Gasteiger partial charge in [0.05, 0.1) is 5.52 Å². The summed E-state index contributed by atoms with van der Waals surface area (Å²) in [5.74, 6) is 0.653. The molecule has 3 rings (SSSR count). The van der Waals surface area contributed by atoms with Crippen LogP contribution < -0.4 is 5.56 Å². The van der Waals surface area contributed by atoms with Crippen LogP contribution in [0.3, 0.4) is 0 Å². The lowest BCUT2D eigenvalue weighted by Crippen LogP contribution is -2.07. The van der Waals surface area contributed by atoms with Crippen molar-refractivity contribution in [3.05, 3.63) is 51.4 Å². The summed E-state index contributed by atoms with van der Waals surface area (Å²) >= 11 is 1.45. The van der Waals surface area contributed by atoms with E-state index in [4.69, 9.17) is 0 Å². The normalized spacial score (nSPS) is 11.0. The SMILES string of the molecule is Cc1nc2c(-c3ccccc3C)csc2c(=O)[nH]1. The highest BCUT2D eigenvalue weighted by Gasteiger charge is 2.12. The van der Waals surface area contributed by atoms with Crippen molar-refractivity contribution in [3.8, 4) is 11.1 Å². The van der Waals surface area contributed by atoms with Gasteiger partial charge in [-0.2, -0.15) is 0 Å². The first kappa shape index (κ1) is 11.2. The van der Waals surface area contributed by atoms with E-state index in [9.17, 15) is 4.79 Å². The van der Waals surface area contributed by atoms with E-state index >= 15 is 0 Å². The molecule has 0 saturated heterocycles. The molecule has 0 spiro atoms. The van der Waals surface area contributed by atoms with Crippen LogP contribution in [0.4, 0.5) is 0 Å². The molecule has 0 bridgehead atoms. The van der Waals surface area contributed by atoms with Crippen LogP contribution in [0.1, 0.15) is 11.4 Å². The summed E-state index contributed by atoms with van der Waals surface area (Å²) in [6.07, 6.45) is 0. The molecule has 0 aliphatic rings. The van der Waals surface area contributed by atoms with Crippen LogP contribution in [0.5, 0.6) is 0 Å². The van der Waals surface area contributed by atoms with Gasteiger partial charge in [0.15, 0.2) is 0 Å². The molecule has 0 unspecified atom stereocenters. The number of nitrogens with zero attached hydrogens (tertiary/aromatic N) is 1. The molecule has 0 aliphatic heterocycles. The summed E-state index contributed by atoms with van der Waals surface area (Å²) in [6, 6.07) is 8.15. The van der Waals surface area contributed by atoms with E-state index in [2.05, 4.69) is 29.0 Å². The van der Waals surface area contributed by atoms with Crippen molar-refractivity contribution in [2.45, 2.75) is 13.8 Å². The number of aromatic nitrogens is 2. The second kappa shape index (κ2) is 4.07. The summed E-state index contributed by atoms with van der Waals surface area (Å²) in [7, 11) is 0. The maximum Gasteiger partial charge on any atom is 0.268 e. The third-order valence-corrected chi connectivity index (χ3v) is 3.95. The van der Waals surface area contributed by atoms with Gasteiger partial charge in [-0.05, 0) is 25.0 Å². The van der Waals surface area contributed by atoms with Crippen molar-refractivity contribution in [1.29, 1.82) is 0 Å². The smallest absolute Gasteiger partial charge is 0.268 e. The second-order valence-corrected chi connectivity index (χ2v) is 5.17. The number of aryl methyl sites for hydroxylation is 2. The van der Waals surface area contributed by atoms with Crippen molar-refractivity contribution < 1.29 is 0 Å². The minimum Gasteiger partial charge on any atom is -0.310 e. The van der Waals surface area contributed by atoms with E-state index in [1.807, 2.05) is 17.5 Å². The van der Waals surface area contributed by atoms with Crippen LogP contribution in [0.2, 0.25) is 0 Å². The predicted molar refractivity (Wildman–Crippen MR) is 75.2 cm³/mol. The molecule has 0 atom stereocenters. The number of hydrogen-bond acceptors (Lipinski definition) is 3. The summed E-state index contributed by atoms with van der Waals surface area (Å²) in [6.45, 7) is 3.87. The van der Waals surface area contributed by atoms with E-state index in [-0.39, 0.29) is 5.56 Å². The highest BCUT2D eigenvalue weighted by Crippen LogP contribution is 2.32. The van der Waals surface area contributed by atoms with Gasteiger partial charge in [0.2, 0.25) is 0 Å². The van der Waals surface area contributed by atoms with Gasteiger partial charge in [-0.1, -0.05) is 24.3 Å². The maximum atomic E-state index is 11.8. The minimum atomic E-state index is -0.0534. The summed E-state index contributed by atoms with van der Waals surface area (Å²) < 4.78 is 0.693. The number of rotatable bonds is 1. The number of H-pyrrole nitrogens is 1. The van der Waals surface area contributed by atoms with E-state index in [0.29, 0.717) is 10.5 Å². The molecular weight excluding hydrogens is 244 g/mol. The molecule has 1 N–H and O–H groups in total. The summed E-state index contributed by atoms with van der Waals surface area (Å²) in [5, 5.41) is 2.01. The van der Waals surface area contributed by atoms with Crippen molar-refractivity contribution in [2.75, 3.05) is 0 Å². The van der Waals surface area contributed by atoms with Gasteiger partial charge in [-0.3, -0.25) is 4.79 Å². The van der Waals surface area contributed by atoms with Gasteiger partial charge in [0.1, 0.15) is 10.5 Å². The molecule has 2 aromatic heterocycles. The molecule has 0 amide bonds. The van der Waals surface area contributed by atoms with E-state index in [0.717, 1.165) is 16.6 Å². The number of nitrogens with one attached hydrogen (secondary N) is 1. The lowest BCUT2D eigenvalue weighted by molar-refractivity contribution is 1.06. The molecule has 0 aliphatic carbocycles. The molecular formula is C14H12N2OS. The molecule has 18 heavy (non-hydrogen) atoms. The summed E-state index contributed by atoms with van der Waals surface area (Å²) in [4.78, 5) is 19.0. The Labute approximate surface area is 108 Å². The first-order valence-corrected chi connectivity index (χ1v) is 6.59. The van der Waals surface area contributed by atoms with Crippen LogP contribution in [-0.2, 0) is 0 Å². The Balaban J connectivity index is 2.38. The quantitative estimate of drug-likeness (QED) is 0.726. The van der Waals surface area contributed by atoms with Crippen molar-refractivity contribution >= 4 is 21.6 Å². The molecule has 90 valence electrons. The van der Waals surface area contributed by atoms with Crippen LogP contribution >= 0.6 is 11.3 Å². The lowest BCUT2D eigenvalue weighted by Gasteiger charge is -2.03. The average molecular weight is 256 g/mol. The van der Waals surface area contributed by atoms with Gasteiger partial charge in [-0.25, -0.2) is 4.98 Å². The molecule has 3 nitrogen and oxygen atoms in total. The van der Waals surface area contributed by atoms with E-state index in [1.54, 1.807) is 6.92 Å². The van der Waals surface area contributed by atoms with Crippen LogP contribution in [-0.4, -0.2) is 9.97 Å². The highest BCUT2D eigenvalue weighted by molar-refractivity contribution is 7.17. The third kappa shape index (κ3) is 1.66. The molecule has 0 fully saturated rings. The monoisotopic (exact) mass is 256 g/mol. The molecule has 0 radical (unpaired) electrons. The molecule has 3 aromatic rings. The van der Waals surface area contributed by atoms with E-state index < -0.39 is 0 Å². The zero-order chi connectivity index (χ0) is 12.7. The van der Waals surface area contributed by atoms with Gasteiger partial charge in [-0.15, -0.1) is 11.3 Å². The zero-order valence-corrected chi connectivity index (χ0v) is 11.0. The van der Waals surface area contributed by atoms with Crippen molar-refractivity contribution in [1.82, 2.24) is 9.97 Å². The fraction of sp³-hybridized carbons (Fsp3) is 0.143. The molecule has 2 heterocycles. The average Bonchev–Trinajstić information content (AvgIpc) is 2.73. The number of hydrogen-bond donors (Lipinski definition) is 1. The second-order valence-electron chi connectivity index (χ2n) is 4.29. The Morgan fingerprint density at radius 3 is 2.72 bits per heavy atom. The lowest BCUT2D eigenvalue weighted by atomic mass is 10.0. The maximum absolute atomic E-state index is 11.8. The largest absolute Gasteiger partial charge is 0.310 e. The number of aromatic amines is 1. The van der Waals surface area contributed by atoms with Gasteiger partial charge < -0.3 is 4.98 Å². The summed E-state index contributed by atoms with van der Waals surface area (Å²) in [5.41, 5.74) is 4.12. The number of thiophene rings is 1. The third-order valence-electron chi connectivity index (χ3n) is 2.98. The Hall–Kier alpha value is -1.94. The highest BCUT2D eigenvalue weighted by atomic mass is 32.1. The molecule has 0 saturated carbocycles. The van der Waals surface area contributed by atoms with Crippen molar-refractivity contribution in [3.63, 3.8) is 0 Å². The Kier molecular flexibility index (Phi) is 2.52. The van der Waals surface area contributed by atoms with Gasteiger partial charge in [0.25, 0.3) is 5.56 Å². The van der Waals surface area contributed by atoms with Crippen molar-refractivity contribution in [2.24, 2.45) is 0 Å². The van der Waals surface area contributed by atoms with Crippen LogP contribution in [0.25, 0.3) is 21.3 Å². The van der Waals surface area contributed by atoms with Crippen LogP contribution in [0.15, 0.2) is 34.4 Å². The van der Waals surface area contributed by atoms with Gasteiger partial charge in [0, 0.05) is 10.9 Å².